The van der Waals surface area contributed by atoms with E-state index in [1.807, 2.05) is 91.9 Å². The van der Waals surface area contributed by atoms with Gasteiger partial charge in [0, 0.05) is 16.3 Å². The summed E-state index contributed by atoms with van der Waals surface area (Å²) in [5, 5.41) is 6.15. The number of aryl methyl sites for hydroxylation is 1. The Morgan fingerprint density at radius 1 is 0.767 bits per heavy atom. The second-order valence-electron chi connectivity index (χ2n) is 7.37. The normalized spacial score (nSPS) is 11.0. The van der Waals surface area contributed by atoms with E-state index < -0.39 is 0 Å². The number of aromatic nitrogens is 1. The summed E-state index contributed by atoms with van der Waals surface area (Å²) in [7, 11) is 0. The molecule has 1 amide bonds. The highest BCUT2D eigenvalue weighted by molar-refractivity contribution is 6.15. The molecule has 0 saturated carbocycles. The summed E-state index contributed by atoms with van der Waals surface area (Å²) in [6.07, 6.45) is 0. The fourth-order valence-corrected chi connectivity index (χ4v) is 3.85. The van der Waals surface area contributed by atoms with E-state index in [1.54, 1.807) is 0 Å². The van der Waals surface area contributed by atoms with Crippen molar-refractivity contribution in [3.05, 3.63) is 108 Å². The number of para-hydroxylation sites is 1. The molecular formula is C27H20N2O. The molecule has 4 aromatic carbocycles. The summed E-state index contributed by atoms with van der Waals surface area (Å²) in [5.41, 5.74) is 5.07. The molecule has 0 spiro atoms. The standard InChI is InChI=1S/C27H20N2O/c1-18-15-16-19-9-5-6-12-21(19)26(18)29-27(30)23-17-25(20-10-3-2-4-11-20)28-24-14-8-7-13-22(23)24/h2-17H,1H3,(H,29,30). The smallest absolute Gasteiger partial charge is 0.256 e. The quantitative estimate of drug-likeness (QED) is 0.377. The van der Waals surface area contributed by atoms with Crippen molar-refractivity contribution >= 4 is 33.3 Å². The van der Waals surface area contributed by atoms with E-state index in [1.165, 1.54) is 0 Å². The number of benzene rings is 4. The van der Waals surface area contributed by atoms with Crippen molar-refractivity contribution in [1.82, 2.24) is 4.98 Å². The Morgan fingerprint density at radius 2 is 1.47 bits per heavy atom. The summed E-state index contributed by atoms with van der Waals surface area (Å²) in [5.74, 6) is -0.134. The second-order valence-corrected chi connectivity index (χ2v) is 7.37. The molecule has 5 rings (SSSR count). The van der Waals surface area contributed by atoms with Gasteiger partial charge in [-0.3, -0.25) is 4.79 Å². The second kappa shape index (κ2) is 7.45. The van der Waals surface area contributed by atoms with Crippen LogP contribution < -0.4 is 5.32 Å². The first-order valence-electron chi connectivity index (χ1n) is 9.95. The summed E-state index contributed by atoms with van der Waals surface area (Å²) < 4.78 is 0. The maximum absolute atomic E-state index is 13.5. The van der Waals surface area contributed by atoms with Crippen LogP contribution in [0, 0.1) is 6.92 Å². The number of nitrogens with one attached hydrogen (secondary N) is 1. The minimum absolute atomic E-state index is 0.134. The number of hydrogen-bond acceptors (Lipinski definition) is 2. The predicted molar refractivity (Wildman–Crippen MR) is 124 cm³/mol. The van der Waals surface area contributed by atoms with Crippen LogP contribution in [0.3, 0.4) is 0 Å². The molecule has 3 nitrogen and oxygen atoms in total. The van der Waals surface area contributed by atoms with E-state index in [2.05, 4.69) is 17.4 Å². The number of carbonyl (C=O) groups is 1. The van der Waals surface area contributed by atoms with Gasteiger partial charge in [-0.15, -0.1) is 0 Å². The summed E-state index contributed by atoms with van der Waals surface area (Å²) in [4.78, 5) is 18.3. The third-order valence-electron chi connectivity index (χ3n) is 5.41. The molecular weight excluding hydrogens is 368 g/mol. The van der Waals surface area contributed by atoms with Crippen molar-refractivity contribution in [2.24, 2.45) is 0 Å². The largest absolute Gasteiger partial charge is 0.321 e. The molecule has 0 unspecified atom stereocenters. The molecule has 0 saturated heterocycles. The first-order chi connectivity index (χ1) is 14.7. The summed E-state index contributed by atoms with van der Waals surface area (Å²) in [6, 6.07) is 31.8. The summed E-state index contributed by atoms with van der Waals surface area (Å²) >= 11 is 0. The first-order valence-corrected chi connectivity index (χ1v) is 9.95. The molecule has 3 heteroatoms. The van der Waals surface area contributed by atoms with Crippen LogP contribution in [-0.2, 0) is 0 Å². The molecule has 0 aliphatic heterocycles. The van der Waals surface area contributed by atoms with Crippen LogP contribution in [0.15, 0.2) is 97.1 Å². The van der Waals surface area contributed by atoms with Gasteiger partial charge in [-0.2, -0.15) is 0 Å². The maximum Gasteiger partial charge on any atom is 0.256 e. The van der Waals surface area contributed by atoms with Crippen LogP contribution >= 0.6 is 0 Å². The Kier molecular flexibility index (Phi) is 4.49. The van der Waals surface area contributed by atoms with Gasteiger partial charge in [-0.05, 0) is 30.0 Å². The van der Waals surface area contributed by atoms with Gasteiger partial charge in [-0.1, -0.05) is 84.9 Å². The minimum atomic E-state index is -0.134. The van der Waals surface area contributed by atoms with Crippen molar-refractivity contribution in [3.8, 4) is 11.3 Å². The number of nitrogens with zero attached hydrogens (tertiary/aromatic N) is 1. The zero-order chi connectivity index (χ0) is 20.5. The van der Waals surface area contributed by atoms with Crippen LogP contribution in [0.25, 0.3) is 32.9 Å². The molecule has 0 aliphatic carbocycles. The van der Waals surface area contributed by atoms with Crippen LogP contribution in [0.5, 0.6) is 0 Å². The molecule has 5 aromatic rings. The Morgan fingerprint density at radius 3 is 2.30 bits per heavy atom. The Labute approximate surface area is 175 Å². The van der Waals surface area contributed by atoms with Gasteiger partial charge in [-0.25, -0.2) is 4.98 Å². The van der Waals surface area contributed by atoms with E-state index >= 15 is 0 Å². The third kappa shape index (κ3) is 3.20. The van der Waals surface area contributed by atoms with Crippen molar-refractivity contribution in [2.45, 2.75) is 6.92 Å². The molecule has 1 aromatic heterocycles. The maximum atomic E-state index is 13.5. The van der Waals surface area contributed by atoms with Crippen LogP contribution in [0.4, 0.5) is 5.69 Å². The van der Waals surface area contributed by atoms with Crippen LogP contribution in [0.1, 0.15) is 15.9 Å². The van der Waals surface area contributed by atoms with Gasteiger partial charge in [0.05, 0.1) is 22.5 Å². The number of anilines is 1. The lowest BCUT2D eigenvalue weighted by molar-refractivity contribution is 0.102. The average Bonchev–Trinajstić information content (AvgIpc) is 2.80. The molecule has 0 aliphatic rings. The van der Waals surface area contributed by atoms with Crippen LogP contribution in [0.2, 0.25) is 0 Å². The average molecular weight is 388 g/mol. The van der Waals surface area contributed by atoms with E-state index in [-0.39, 0.29) is 5.91 Å². The first kappa shape index (κ1) is 18.1. The topological polar surface area (TPSA) is 42.0 Å². The molecule has 30 heavy (non-hydrogen) atoms. The molecule has 1 heterocycles. The number of rotatable bonds is 3. The third-order valence-corrected chi connectivity index (χ3v) is 5.41. The molecule has 0 bridgehead atoms. The fraction of sp³-hybridized carbons (Fsp3) is 0.0370. The zero-order valence-corrected chi connectivity index (χ0v) is 16.6. The zero-order valence-electron chi connectivity index (χ0n) is 16.6. The van der Waals surface area contributed by atoms with Crippen molar-refractivity contribution < 1.29 is 4.79 Å². The number of fused-ring (bicyclic) bond motifs is 2. The highest BCUT2D eigenvalue weighted by Crippen LogP contribution is 2.29. The lowest BCUT2D eigenvalue weighted by Crippen LogP contribution is -2.14. The lowest BCUT2D eigenvalue weighted by Gasteiger charge is -2.14. The molecule has 0 radical (unpaired) electrons. The van der Waals surface area contributed by atoms with E-state index in [4.69, 9.17) is 4.98 Å². The number of hydrogen-bond donors (Lipinski definition) is 1. The Hall–Kier alpha value is -3.98. The molecule has 0 atom stereocenters. The molecule has 144 valence electrons. The number of amides is 1. The van der Waals surface area contributed by atoms with Crippen LogP contribution in [-0.4, -0.2) is 10.9 Å². The number of pyridine rings is 1. The molecule has 1 N–H and O–H groups in total. The Bertz CT molecular complexity index is 1390. The lowest BCUT2D eigenvalue weighted by atomic mass is 10.0. The fourth-order valence-electron chi connectivity index (χ4n) is 3.85. The monoisotopic (exact) mass is 388 g/mol. The SMILES string of the molecule is Cc1ccc2ccccc2c1NC(=O)c1cc(-c2ccccc2)nc2ccccc12. The van der Waals surface area contributed by atoms with Crippen molar-refractivity contribution in [3.63, 3.8) is 0 Å². The predicted octanol–water partition coefficient (Wildman–Crippen LogP) is 6.62. The minimum Gasteiger partial charge on any atom is -0.321 e. The van der Waals surface area contributed by atoms with Crippen molar-refractivity contribution in [1.29, 1.82) is 0 Å². The Balaban J connectivity index is 1.65. The van der Waals surface area contributed by atoms with Gasteiger partial charge >= 0.3 is 0 Å². The van der Waals surface area contributed by atoms with Gasteiger partial charge in [0.25, 0.3) is 5.91 Å². The summed E-state index contributed by atoms with van der Waals surface area (Å²) in [6.45, 7) is 2.02. The van der Waals surface area contributed by atoms with E-state index in [0.717, 1.165) is 44.2 Å². The molecule has 0 fully saturated rings. The highest BCUT2D eigenvalue weighted by atomic mass is 16.1. The van der Waals surface area contributed by atoms with E-state index in [9.17, 15) is 4.79 Å². The van der Waals surface area contributed by atoms with Gasteiger partial charge in [0.15, 0.2) is 0 Å². The van der Waals surface area contributed by atoms with Crippen molar-refractivity contribution in [2.75, 3.05) is 5.32 Å². The highest BCUT2D eigenvalue weighted by Gasteiger charge is 2.16. The van der Waals surface area contributed by atoms with Gasteiger partial charge in [0.1, 0.15) is 0 Å². The number of carbonyl (C=O) groups excluding carboxylic acids is 1. The van der Waals surface area contributed by atoms with Gasteiger partial charge < -0.3 is 5.32 Å². The van der Waals surface area contributed by atoms with E-state index in [0.29, 0.717) is 5.56 Å². The van der Waals surface area contributed by atoms with Gasteiger partial charge in [0.2, 0.25) is 0 Å².